The lowest BCUT2D eigenvalue weighted by molar-refractivity contribution is 0.242. The van der Waals surface area contributed by atoms with Crippen LogP contribution in [0.2, 0.25) is 0 Å². The third kappa shape index (κ3) is 4.97. The summed E-state index contributed by atoms with van der Waals surface area (Å²) in [5.74, 6) is 0.940. The topological polar surface area (TPSA) is 21.3 Å². The maximum atomic E-state index is 5.82. The molecule has 1 N–H and O–H groups in total. The van der Waals surface area contributed by atoms with Gasteiger partial charge in [0.2, 0.25) is 0 Å². The Bertz CT molecular complexity index is 567. The Morgan fingerprint density at radius 1 is 1.24 bits per heavy atom. The SMILES string of the molecule is CCCNC(c1cccc(OC(C)C)c1)c1csc(I)c1. The first-order chi connectivity index (χ1) is 10.1. The summed E-state index contributed by atoms with van der Waals surface area (Å²) < 4.78 is 7.14. The molecule has 2 nitrogen and oxygen atoms in total. The fraction of sp³-hybridized carbons (Fsp3) is 0.412. The maximum absolute atomic E-state index is 5.82. The van der Waals surface area contributed by atoms with Crippen LogP contribution < -0.4 is 10.1 Å². The minimum atomic E-state index is 0.199. The van der Waals surface area contributed by atoms with E-state index in [1.807, 2.05) is 6.07 Å². The lowest BCUT2D eigenvalue weighted by Gasteiger charge is -2.19. The van der Waals surface area contributed by atoms with Crippen LogP contribution in [0.4, 0.5) is 0 Å². The van der Waals surface area contributed by atoms with Gasteiger partial charge in [-0.1, -0.05) is 19.1 Å². The first kappa shape index (κ1) is 16.8. The molecule has 0 saturated heterocycles. The van der Waals surface area contributed by atoms with Crippen LogP contribution in [0.3, 0.4) is 0 Å². The molecule has 0 aliphatic carbocycles. The fourth-order valence-electron chi connectivity index (χ4n) is 2.23. The summed E-state index contributed by atoms with van der Waals surface area (Å²) >= 11 is 4.17. The molecule has 0 amide bonds. The van der Waals surface area contributed by atoms with Crippen LogP contribution >= 0.6 is 33.9 Å². The molecule has 2 rings (SSSR count). The fourth-order valence-corrected chi connectivity index (χ4v) is 3.63. The van der Waals surface area contributed by atoms with Crippen LogP contribution in [0.25, 0.3) is 0 Å². The zero-order chi connectivity index (χ0) is 15.2. The zero-order valence-electron chi connectivity index (χ0n) is 12.7. The van der Waals surface area contributed by atoms with Gasteiger partial charge in [-0.25, -0.2) is 0 Å². The Hall–Kier alpha value is -0.590. The predicted molar refractivity (Wildman–Crippen MR) is 99.4 cm³/mol. The third-order valence-corrected chi connectivity index (χ3v) is 4.89. The molecule has 1 unspecified atom stereocenters. The highest BCUT2D eigenvalue weighted by atomic mass is 127. The van der Waals surface area contributed by atoms with Crippen LogP contribution in [-0.4, -0.2) is 12.6 Å². The number of rotatable bonds is 7. The lowest BCUT2D eigenvalue weighted by atomic mass is 10.0. The summed E-state index contributed by atoms with van der Waals surface area (Å²) in [6.07, 6.45) is 1.32. The molecule has 0 saturated carbocycles. The Morgan fingerprint density at radius 3 is 2.67 bits per heavy atom. The maximum Gasteiger partial charge on any atom is 0.120 e. The smallest absolute Gasteiger partial charge is 0.120 e. The number of ether oxygens (including phenoxy) is 1. The van der Waals surface area contributed by atoms with Gasteiger partial charge in [0.1, 0.15) is 5.75 Å². The van der Waals surface area contributed by atoms with E-state index in [4.69, 9.17) is 4.74 Å². The van der Waals surface area contributed by atoms with Gasteiger partial charge in [0.05, 0.1) is 15.0 Å². The summed E-state index contributed by atoms with van der Waals surface area (Å²) in [6.45, 7) is 7.31. The van der Waals surface area contributed by atoms with Gasteiger partial charge in [-0.2, -0.15) is 0 Å². The molecule has 0 fully saturated rings. The van der Waals surface area contributed by atoms with E-state index >= 15 is 0 Å². The minimum absolute atomic E-state index is 0.199. The van der Waals surface area contributed by atoms with Crippen LogP contribution in [0, 0.1) is 2.88 Å². The summed E-state index contributed by atoms with van der Waals surface area (Å²) in [7, 11) is 0. The molecular formula is C17H22INOS. The lowest BCUT2D eigenvalue weighted by Crippen LogP contribution is -2.22. The van der Waals surface area contributed by atoms with Crippen molar-refractivity contribution in [3.63, 3.8) is 0 Å². The average molecular weight is 415 g/mol. The average Bonchev–Trinajstić information content (AvgIpc) is 2.85. The molecule has 4 heteroatoms. The normalized spacial score (nSPS) is 12.6. The van der Waals surface area contributed by atoms with Gasteiger partial charge in [0, 0.05) is 0 Å². The Balaban J connectivity index is 2.27. The van der Waals surface area contributed by atoms with Gasteiger partial charge in [0.15, 0.2) is 0 Å². The first-order valence-corrected chi connectivity index (χ1v) is 9.30. The third-order valence-electron chi connectivity index (χ3n) is 3.08. The molecule has 0 bridgehead atoms. The van der Waals surface area contributed by atoms with Gasteiger partial charge >= 0.3 is 0 Å². The van der Waals surface area contributed by atoms with Crippen molar-refractivity contribution in [2.45, 2.75) is 39.3 Å². The van der Waals surface area contributed by atoms with Gasteiger partial charge < -0.3 is 10.1 Å². The summed E-state index contributed by atoms with van der Waals surface area (Å²) in [4.78, 5) is 0. The second-order valence-corrected chi connectivity index (χ2v) is 8.12. The highest BCUT2D eigenvalue weighted by Gasteiger charge is 2.15. The number of halogens is 1. The van der Waals surface area contributed by atoms with Crippen molar-refractivity contribution in [2.24, 2.45) is 0 Å². The van der Waals surface area contributed by atoms with Gasteiger partial charge in [-0.05, 0) is 84.1 Å². The minimum Gasteiger partial charge on any atom is -0.491 e. The molecule has 0 spiro atoms. The summed E-state index contributed by atoms with van der Waals surface area (Å²) in [5, 5.41) is 5.88. The van der Waals surface area contributed by atoms with Gasteiger partial charge in [-0.3, -0.25) is 0 Å². The van der Waals surface area contributed by atoms with Crippen molar-refractivity contribution in [1.82, 2.24) is 5.32 Å². The quantitative estimate of drug-likeness (QED) is 0.626. The van der Waals surface area contributed by atoms with Crippen LogP contribution in [-0.2, 0) is 0 Å². The van der Waals surface area contributed by atoms with Crippen molar-refractivity contribution in [3.05, 3.63) is 49.7 Å². The Morgan fingerprint density at radius 2 is 2.05 bits per heavy atom. The van der Waals surface area contributed by atoms with Crippen molar-refractivity contribution >= 4 is 33.9 Å². The monoisotopic (exact) mass is 415 g/mol. The number of hydrogen-bond donors (Lipinski definition) is 1. The van der Waals surface area contributed by atoms with E-state index in [9.17, 15) is 0 Å². The van der Waals surface area contributed by atoms with Gasteiger partial charge in [-0.15, -0.1) is 11.3 Å². The first-order valence-electron chi connectivity index (χ1n) is 7.34. The van der Waals surface area contributed by atoms with E-state index in [0.29, 0.717) is 0 Å². The van der Waals surface area contributed by atoms with E-state index < -0.39 is 0 Å². The molecule has 0 aliphatic rings. The Labute approximate surface area is 145 Å². The predicted octanol–water partition coefficient (Wildman–Crippen LogP) is 5.23. The van der Waals surface area contributed by atoms with Crippen molar-refractivity contribution in [2.75, 3.05) is 6.54 Å². The van der Waals surface area contributed by atoms with Crippen LogP contribution in [0.15, 0.2) is 35.7 Å². The molecule has 0 aliphatic heterocycles. The van der Waals surface area contributed by atoms with E-state index in [0.717, 1.165) is 18.7 Å². The Kier molecular flexibility index (Phi) is 6.51. The number of thiophene rings is 1. The molecule has 114 valence electrons. The summed E-state index contributed by atoms with van der Waals surface area (Å²) in [5.41, 5.74) is 2.59. The second kappa shape index (κ2) is 8.15. The van der Waals surface area contributed by atoms with Gasteiger partial charge in [0.25, 0.3) is 0 Å². The van der Waals surface area contributed by atoms with E-state index in [2.05, 4.69) is 78.3 Å². The molecule has 0 radical (unpaired) electrons. The van der Waals surface area contributed by atoms with Crippen LogP contribution in [0.5, 0.6) is 5.75 Å². The number of hydrogen-bond acceptors (Lipinski definition) is 3. The molecule has 1 aromatic heterocycles. The number of nitrogens with one attached hydrogen (secondary N) is 1. The molecule has 2 aromatic rings. The van der Waals surface area contributed by atoms with E-state index in [1.54, 1.807) is 11.3 Å². The van der Waals surface area contributed by atoms with Crippen molar-refractivity contribution in [1.29, 1.82) is 0 Å². The largest absolute Gasteiger partial charge is 0.491 e. The second-order valence-electron chi connectivity index (χ2n) is 5.31. The molecular weight excluding hydrogens is 393 g/mol. The molecule has 21 heavy (non-hydrogen) atoms. The highest BCUT2D eigenvalue weighted by Crippen LogP contribution is 2.29. The standard InChI is InChI=1S/C17H22INOS/c1-4-8-19-17(14-10-16(18)21-11-14)13-6-5-7-15(9-13)20-12(2)3/h5-7,9-12,17,19H,4,8H2,1-3H3. The molecule has 1 atom stereocenters. The zero-order valence-corrected chi connectivity index (χ0v) is 15.7. The van der Waals surface area contributed by atoms with Crippen LogP contribution in [0.1, 0.15) is 44.4 Å². The van der Waals surface area contributed by atoms with E-state index in [1.165, 1.54) is 14.0 Å². The van der Waals surface area contributed by atoms with Crippen molar-refractivity contribution < 1.29 is 4.74 Å². The molecule has 1 aromatic carbocycles. The molecule has 1 heterocycles. The number of benzene rings is 1. The summed E-state index contributed by atoms with van der Waals surface area (Å²) in [6, 6.07) is 10.9. The van der Waals surface area contributed by atoms with E-state index in [-0.39, 0.29) is 12.1 Å². The van der Waals surface area contributed by atoms with Crippen molar-refractivity contribution in [3.8, 4) is 5.75 Å². The highest BCUT2D eigenvalue weighted by molar-refractivity contribution is 14.1.